The zero-order chi connectivity index (χ0) is 19.8. The maximum Gasteiger partial charge on any atom is 0.281 e. The van der Waals surface area contributed by atoms with Gasteiger partial charge in [-0.2, -0.15) is 4.99 Å². The number of aryl methyl sites for hydroxylation is 2. The van der Waals surface area contributed by atoms with E-state index >= 15 is 0 Å². The molecule has 0 saturated heterocycles. The van der Waals surface area contributed by atoms with E-state index in [1.165, 1.54) is 45.5 Å². The number of thiazole rings is 1. The van der Waals surface area contributed by atoms with Gasteiger partial charge in [-0.1, -0.05) is 35.9 Å². The fraction of sp³-hybridized carbons (Fsp3) is 0.200. The van der Waals surface area contributed by atoms with E-state index in [0.717, 1.165) is 18.5 Å². The first-order valence-electron chi connectivity index (χ1n) is 8.83. The first-order valence-corrected chi connectivity index (χ1v) is 10.0. The van der Waals surface area contributed by atoms with E-state index < -0.39 is 10.8 Å². The molecule has 2 aromatic carbocycles. The maximum atomic E-state index is 12.7. The number of hydrogen-bond donors (Lipinski definition) is 0. The SMILES string of the molecule is CCn1c2c(sc1=NC(=O)c1ccc([N+](=O)[O-])cc1Cl)CCc1ccccc1-2. The lowest BCUT2D eigenvalue weighted by Crippen LogP contribution is -2.18. The average Bonchev–Trinajstić information content (AvgIpc) is 3.05. The molecule has 0 saturated carbocycles. The van der Waals surface area contributed by atoms with Gasteiger partial charge in [-0.15, -0.1) is 11.3 Å². The van der Waals surface area contributed by atoms with Gasteiger partial charge in [0, 0.05) is 29.1 Å². The molecule has 0 aliphatic heterocycles. The van der Waals surface area contributed by atoms with E-state index in [1.807, 2.05) is 19.1 Å². The van der Waals surface area contributed by atoms with E-state index in [0.29, 0.717) is 11.3 Å². The molecule has 142 valence electrons. The molecule has 8 heteroatoms. The maximum absolute atomic E-state index is 12.7. The van der Waals surface area contributed by atoms with Crippen LogP contribution in [0.3, 0.4) is 0 Å². The van der Waals surface area contributed by atoms with Gasteiger partial charge < -0.3 is 4.57 Å². The number of rotatable bonds is 3. The number of fused-ring (bicyclic) bond motifs is 3. The van der Waals surface area contributed by atoms with Crippen LogP contribution in [0.2, 0.25) is 5.02 Å². The third-order valence-corrected chi connectivity index (χ3v) is 6.23. The van der Waals surface area contributed by atoms with Crippen molar-refractivity contribution in [2.75, 3.05) is 0 Å². The number of amides is 1. The third kappa shape index (κ3) is 3.16. The summed E-state index contributed by atoms with van der Waals surface area (Å²) in [5, 5.41) is 10.9. The average molecular weight is 414 g/mol. The van der Waals surface area contributed by atoms with Crippen LogP contribution >= 0.6 is 22.9 Å². The predicted molar refractivity (Wildman–Crippen MR) is 109 cm³/mol. The number of nitro groups is 1. The van der Waals surface area contributed by atoms with Crippen molar-refractivity contribution in [3.05, 3.63) is 78.4 Å². The molecule has 0 radical (unpaired) electrons. The van der Waals surface area contributed by atoms with Gasteiger partial charge in [-0.05, 0) is 31.4 Å². The Bertz CT molecular complexity index is 1180. The molecule has 1 heterocycles. The molecule has 1 aliphatic carbocycles. The minimum atomic E-state index is -0.549. The molecule has 6 nitrogen and oxygen atoms in total. The van der Waals surface area contributed by atoms with Crippen molar-refractivity contribution in [3.63, 3.8) is 0 Å². The predicted octanol–water partition coefficient (Wildman–Crippen LogP) is 4.64. The van der Waals surface area contributed by atoms with Crippen LogP contribution in [0.15, 0.2) is 47.5 Å². The fourth-order valence-corrected chi connectivity index (χ4v) is 4.91. The van der Waals surface area contributed by atoms with Crippen LogP contribution in [0.5, 0.6) is 0 Å². The number of aromatic nitrogens is 1. The number of nitrogens with zero attached hydrogens (tertiary/aromatic N) is 3. The summed E-state index contributed by atoms with van der Waals surface area (Å²) in [5.41, 5.74) is 3.60. The molecule has 1 aliphatic rings. The summed E-state index contributed by atoms with van der Waals surface area (Å²) in [6, 6.07) is 12.1. The topological polar surface area (TPSA) is 77.5 Å². The number of halogens is 1. The highest BCUT2D eigenvalue weighted by Crippen LogP contribution is 2.34. The summed E-state index contributed by atoms with van der Waals surface area (Å²) < 4.78 is 2.05. The quantitative estimate of drug-likeness (QED) is 0.463. The molecule has 0 N–H and O–H groups in total. The van der Waals surface area contributed by atoms with Gasteiger partial charge in [-0.3, -0.25) is 14.9 Å². The van der Waals surface area contributed by atoms with E-state index in [9.17, 15) is 14.9 Å². The highest BCUT2D eigenvalue weighted by atomic mass is 35.5. The van der Waals surface area contributed by atoms with E-state index in [2.05, 4.69) is 21.7 Å². The van der Waals surface area contributed by atoms with Crippen LogP contribution in [0.4, 0.5) is 5.69 Å². The molecule has 1 amide bonds. The van der Waals surface area contributed by atoms with Crippen molar-refractivity contribution in [2.24, 2.45) is 4.99 Å². The number of non-ortho nitro benzene ring substituents is 1. The Balaban J connectivity index is 1.81. The van der Waals surface area contributed by atoms with E-state index in [4.69, 9.17) is 11.6 Å². The zero-order valence-electron chi connectivity index (χ0n) is 15.0. The second kappa shape index (κ2) is 7.33. The minimum absolute atomic E-state index is 0.0256. The van der Waals surface area contributed by atoms with Gasteiger partial charge >= 0.3 is 0 Å². The number of nitro benzene ring substituents is 1. The second-order valence-corrected chi connectivity index (χ2v) is 7.87. The van der Waals surface area contributed by atoms with Crippen molar-refractivity contribution in [1.82, 2.24) is 4.57 Å². The number of benzene rings is 2. The molecule has 4 rings (SSSR count). The van der Waals surface area contributed by atoms with Crippen molar-refractivity contribution in [3.8, 4) is 11.3 Å². The first-order chi connectivity index (χ1) is 13.5. The summed E-state index contributed by atoms with van der Waals surface area (Å²) in [5.74, 6) is -0.506. The molecular formula is C20H16ClN3O3S. The van der Waals surface area contributed by atoms with Crippen LogP contribution in [-0.2, 0) is 19.4 Å². The van der Waals surface area contributed by atoms with Gasteiger partial charge in [0.25, 0.3) is 11.6 Å². The van der Waals surface area contributed by atoms with Crippen LogP contribution in [0, 0.1) is 10.1 Å². The van der Waals surface area contributed by atoms with Crippen molar-refractivity contribution in [2.45, 2.75) is 26.3 Å². The molecule has 3 aromatic rings. The minimum Gasteiger partial charge on any atom is -0.316 e. The van der Waals surface area contributed by atoms with E-state index in [1.54, 1.807) is 0 Å². The molecular weight excluding hydrogens is 398 g/mol. The van der Waals surface area contributed by atoms with Gasteiger partial charge in [0.1, 0.15) is 0 Å². The Morgan fingerprint density at radius 2 is 2.07 bits per heavy atom. The summed E-state index contributed by atoms with van der Waals surface area (Å²) in [6.45, 7) is 2.70. The molecule has 0 unspecified atom stereocenters. The molecule has 0 spiro atoms. The summed E-state index contributed by atoms with van der Waals surface area (Å²) in [7, 11) is 0. The first kappa shape index (κ1) is 18.6. The van der Waals surface area contributed by atoms with Crippen LogP contribution < -0.4 is 4.80 Å². The van der Waals surface area contributed by atoms with Gasteiger partial charge in [0.15, 0.2) is 4.80 Å². The summed E-state index contributed by atoms with van der Waals surface area (Å²) in [4.78, 5) is 29.2. The van der Waals surface area contributed by atoms with Crippen LogP contribution in [0.1, 0.15) is 27.7 Å². The Morgan fingerprint density at radius 3 is 2.79 bits per heavy atom. The lowest BCUT2D eigenvalue weighted by Gasteiger charge is -2.17. The number of carbonyl (C=O) groups excluding carboxylic acids is 1. The molecule has 0 atom stereocenters. The largest absolute Gasteiger partial charge is 0.316 e. The molecule has 0 bridgehead atoms. The smallest absolute Gasteiger partial charge is 0.281 e. The monoisotopic (exact) mass is 413 g/mol. The zero-order valence-corrected chi connectivity index (χ0v) is 16.6. The standard InChI is InChI=1S/C20H16ClN3O3S/c1-2-23-18-14-6-4-3-5-12(14)7-10-17(18)28-20(23)22-19(25)15-9-8-13(24(26)27)11-16(15)21/h3-6,8-9,11H,2,7,10H2,1H3. The van der Waals surface area contributed by atoms with Gasteiger partial charge in [-0.25, -0.2) is 0 Å². The Hall–Kier alpha value is -2.77. The Morgan fingerprint density at radius 1 is 1.29 bits per heavy atom. The van der Waals surface area contributed by atoms with Gasteiger partial charge in [0.2, 0.25) is 0 Å². The Labute approximate surface area is 169 Å². The molecule has 28 heavy (non-hydrogen) atoms. The lowest BCUT2D eigenvalue weighted by molar-refractivity contribution is -0.384. The Kier molecular flexibility index (Phi) is 4.87. The van der Waals surface area contributed by atoms with Crippen molar-refractivity contribution in [1.29, 1.82) is 0 Å². The molecule has 1 aromatic heterocycles. The normalized spacial score (nSPS) is 13.1. The lowest BCUT2D eigenvalue weighted by atomic mass is 9.93. The highest BCUT2D eigenvalue weighted by Gasteiger charge is 2.22. The van der Waals surface area contributed by atoms with Crippen LogP contribution in [-0.4, -0.2) is 15.4 Å². The van der Waals surface area contributed by atoms with Crippen molar-refractivity contribution < 1.29 is 9.72 Å². The van der Waals surface area contributed by atoms with E-state index in [-0.39, 0.29) is 16.3 Å². The highest BCUT2D eigenvalue weighted by molar-refractivity contribution is 7.09. The third-order valence-electron chi connectivity index (χ3n) is 4.78. The fourth-order valence-electron chi connectivity index (χ4n) is 3.46. The van der Waals surface area contributed by atoms with Crippen molar-refractivity contribution >= 4 is 34.5 Å². The number of hydrogen-bond acceptors (Lipinski definition) is 4. The number of carbonyl (C=O) groups is 1. The van der Waals surface area contributed by atoms with Gasteiger partial charge in [0.05, 0.1) is 21.2 Å². The summed E-state index contributed by atoms with van der Waals surface area (Å²) >= 11 is 7.60. The van der Waals surface area contributed by atoms with Crippen LogP contribution in [0.25, 0.3) is 11.3 Å². The molecule has 0 fully saturated rings. The second-order valence-electron chi connectivity index (χ2n) is 6.40. The summed E-state index contributed by atoms with van der Waals surface area (Å²) in [6.07, 6.45) is 1.88.